The molecule has 0 spiro atoms. The lowest BCUT2D eigenvalue weighted by Crippen LogP contribution is -2.42. The normalized spacial score (nSPS) is 20.1. The summed E-state index contributed by atoms with van der Waals surface area (Å²) >= 11 is 0. The van der Waals surface area contributed by atoms with Gasteiger partial charge >= 0.3 is 5.97 Å². The summed E-state index contributed by atoms with van der Waals surface area (Å²) in [7, 11) is -3.35. The van der Waals surface area contributed by atoms with Crippen molar-refractivity contribution in [1.82, 2.24) is 4.72 Å². The monoisotopic (exact) mass is 263 g/mol. The molecule has 0 heterocycles. The molecule has 0 aromatic rings. The van der Waals surface area contributed by atoms with Gasteiger partial charge in [-0.05, 0) is 19.3 Å². The van der Waals surface area contributed by atoms with Crippen LogP contribution in [-0.2, 0) is 14.8 Å². The fraction of sp³-hybridized carbons (Fsp3) is 0.909. The fourth-order valence-electron chi connectivity index (χ4n) is 2.18. The lowest BCUT2D eigenvalue weighted by Gasteiger charge is -2.24. The number of aliphatic carboxylic acids is 1. The van der Waals surface area contributed by atoms with Gasteiger partial charge in [0.2, 0.25) is 10.0 Å². The highest BCUT2D eigenvalue weighted by Gasteiger charge is 2.29. The van der Waals surface area contributed by atoms with Gasteiger partial charge in [0.05, 0.1) is 11.7 Å². The van der Waals surface area contributed by atoms with E-state index >= 15 is 0 Å². The second kappa shape index (κ2) is 6.35. The van der Waals surface area contributed by atoms with Gasteiger partial charge in [-0.2, -0.15) is 0 Å². The van der Waals surface area contributed by atoms with E-state index in [0.717, 1.165) is 19.3 Å². The van der Waals surface area contributed by atoms with E-state index in [1.165, 1.54) is 0 Å². The Hall–Kier alpha value is -0.620. The molecule has 17 heavy (non-hydrogen) atoms. The summed E-state index contributed by atoms with van der Waals surface area (Å²) in [6.07, 6.45) is 4.72. The van der Waals surface area contributed by atoms with Gasteiger partial charge in [0.1, 0.15) is 0 Å². The second-order valence-corrected chi connectivity index (χ2v) is 6.62. The molecule has 0 radical (unpaired) electrons. The summed E-state index contributed by atoms with van der Waals surface area (Å²) in [4.78, 5) is 10.6. The lowest BCUT2D eigenvalue weighted by molar-refractivity contribution is -0.137. The van der Waals surface area contributed by atoms with Crippen LogP contribution in [0.2, 0.25) is 0 Å². The highest BCUT2D eigenvalue weighted by atomic mass is 32.2. The van der Waals surface area contributed by atoms with E-state index in [1.807, 2.05) is 0 Å². The molecule has 1 aliphatic carbocycles. The Kier molecular flexibility index (Phi) is 5.39. The average molecular weight is 263 g/mol. The standard InChI is InChI=1S/C11H21NO4S/c1-2-9(8-11(13)14)12-17(15,16)10-6-4-3-5-7-10/h9-10,12H,2-8H2,1H3,(H,13,14). The number of carboxylic acid groups (broad SMARTS) is 1. The summed E-state index contributed by atoms with van der Waals surface area (Å²) < 4.78 is 26.6. The maximum Gasteiger partial charge on any atom is 0.304 e. The van der Waals surface area contributed by atoms with Crippen LogP contribution in [0.3, 0.4) is 0 Å². The molecule has 2 N–H and O–H groups in total. The van der Waals surface area contributed by atoms with Gasteiger partial charge in [0.15, 0.2) is 0 Å². The topological polar surface area (TPSA) is 83.5 Å². The van der Waals surface area contributed by atoms with Crippen LogP contribution in [0.4, 0.5) is 0 Å². The molecule has 1 unspecified atom stereocenters. The third kappa shape index (κ3) is 4.63. The first-order valence-electron chi connectivity index (χ1n) is 6.18. The number of carbonyl (C=O) groups is 1. The zero-order valence-corrected chi connectivity index (χ0v) is 11.0. The first-order chi connectivity index (χ1) is 7.95. The Labute approximate surface area is 103 Å². The smallest absolute Gasteiger partial charge is 0.304 e. The van der Waals surface area contributed by atoms with Gasteiger partial charge in [-0.25, -0.2) is 13.1 Å². The lowest BCUT2D eigenvalue weighted by atomic mass is 10.0. The third-order valence-electron chi connectivity index (χ3n) is 3.24. The van der Waals surface area contributed by atoms with Gasteiger partial charge in [-0.3, -0.25) is 4.79 Å². The molecule has 1 rings (SSSR count). The summed E-state index contributed by atoms with van der Waals surface area (Å²) in [6, 6.07) is -0.487. The van der Waals surface area contributed by atoms with Crippen molar-refractivity contribution in [2.24, 2.45) is 0 Å². The maximum atomic E-state index is 12.0. The first-order valence-corrected chi connectivity index (χ1v) is 7.73. The zero-order valence-electron chi connectivity index (χ0n) is 10.2. The Bertz CT molecular complexity index is 346. The molecule has 0 bridgehead atoms. The van der Waals surface area contributed by atoms with Crippen molar-refractivity contribution in [3.63, 3.8) is 0 Å². The molecule has 0 saturated heterocycles. The highest BCUT2D eigenvalue weighted by Crippen LogP contribution is 2.23. The van der Waals surface area contributed by atoms with Crippen molar-refractivity contribution in [1.29, 1.82) is 0 Å². The molecular formula is C11H21NO4S. The van der Waals surface area contributed by atoms with Gasteiger partial charge in [-0.15, -0.1) is 0 Å². The molecule has 100 valence electrons. The molecule has 0 aliphatic heterocycles. The number of hydrogen-bond acceptors (Lipinski definition) is 3. The van der Waals surface area contributed by atoms with Crippen molar-refractivity contribution in [3.05, 3.63) is 0 Å². The zero-order chi connectivity index (χ0) is 12.9. The van der Waals surface area contributed by atoms with E-state index in [9.17, 15) is 13.2 Å². The Balaban J connectivity index is 2.59. The predicted molar refractivity (Wildman–Crippen MR) is 65.3 cm³/mol. The Morgan fingerprint density at radius 1 is 1.35 bits per heavy atom. The number of rotatable bonds is 6. The molecule has 6 heteroatoms. The predicted octanol–water partition coefficient (Wildman–Crippen LogP) is 1.49. The molecule has 1 fully saturated rings. The number of sulfonamides is 1. The van der Waals surface area contributed by atoms with Gasteiger partial charge in [0, 0.05) is 6.04 Å². The van der Waals surface area contributed by atoms with Gasteiger partial charge in [-0.1, -0.05) is 26.2 Å². The van der Waals surface area contributed by atoms with E-state index in [1.54, 1.807) is 6.92 Å². The van der Waals surface area contributed by atoms with Crippen LogP contribution in [0, 0.1) is 0 Å². The summed E-state index contributed by atoms with van der Waals surface area (Å²) in [5.41, 5.74) is 0. The fourth-order valence-corrected chi connectivity index (χ4v) is 4.05. The van der Waals surface area contributed by atoms with E-state index in [0.29, 0.717) is 19.3 Å². The number of carboxylic acids is 1. The molecule has 1 atom stereocenters. The van der Waals surface area contributed by atoms with Crippen LogP contribution >= 0.6 is 0 Å². The van der Waals surface area contributed by atoms with Crippen LogP contribution in [0.1, 0.15) is 51.9 Å². The third-order valence-corrected chi connectivity index (χ3v) is 5.25. The Morgan fingerprint density at radius 3 is 2.41 bits per heavy atom. The highest BCUT2D eigenvalue weighted by molar-refractivity contribution is 7.90. The van der Waals surface area contributed by atoms with Crippen LogP contribution < -0.4 is 4.72 Å². The summed E-state index contributed by atoms with van der Waals surface area (Å²) in [5.74, 6) is -0.969. The quantitative estimate of drug-likeness (QED) is 0.760. The van der Waals surface area contributed by atoms with Crippen molar-refractivity contribution >= 4 is 16.0 Å². The molecule has 0 aromatic carbocycles. The second-order valence-electron chi connectivity index (χ2n) is 4.63. The number of nitrogens with one attached hydrogen (secondary N) is 1. The van der Waals surface area contributed by atoms with Crippen LogP contribution in [-0.4, -0.2) is 30.8 Å². The largest absolute Gasteiger partial charge is 0.481 e. The van der Waals surface area contributed by atoms with Crippen LogP contribution in [0.5, 0.6) is 0 Å². The van der Waals surface area contributed by atoms with Gasteiger partial charge in [0.25, 0.3) is 0 Å². The van der Waals surface area contributed by atoms with E-state index in [4.69, 9.17) is 5.11 Å². The average Bonchev–Trinajstić information content (AvgIpc) is 2.28. The van der Waals surface area contributed by atoms with Crippen LogP contribution in [0.25, 0.3) is 0 Å². The summed E-state index contributed by atoms with van der Waals surface area (Å²) in [5, 5.41) is 8.35. The molecule has 1 saturated carbocycles. The number of hydrogen-bond donors (Lipinski definition) is 2. The van der Waals surface area contributed by atoms with Crippen LogP contribution in [0.15, 0.2) is 0 Å². The minimum Gasteiger partial charge on any atom is -0.481 e. The molecule has 0 aromatic heterocycles. The first kappa shape index (κ1) is 14.4. The van der Waals surface area contributed by atoms with E-state index in [2.05, 4.69) is 4.72 Å². The minimum absolute atomic E-state index is 0.150. The van der Waals surface area contributed by atoms with Crippen molar-refractivity contribution in [2.75, 3.05) is 0 Å². The van der Waals surface area contributed by atoms with E-state index in [-0.39, 0.29) is 11.7 Å². The molecule has 0 amide bonds. The van der Waals surface area contributed by atoms with E-state index < -0.39 is 22.0 Å². The van der Waals surface area contributed by atoms with Crippen molar-refractivity contribution < 1.29 is 18.3 Å². The SMILES string of the molecule is CCC(CC(=O)O)NS(=O)(=O)C1CCCCC1. The van der Waals surface area contributed by atoms with Crippen molar-refractivity contribution in [3.8, 4) is 0 Å². The Morgan fingerprint density at radius 2 is 1.94 bits per heavy atom. The van der Waals surface area contributed by atoms with Gasteiger partial charge < -0.3 is 5.11 Å². The van der Waals surface area contributed by atoms with Crippen molar-refractivity contribution in [2.45, 2.75) is 63.2 Å². The minimum atomic E-state index is -3.35. The molecular weight excluding hydrogens is 242 g/mol. The maximum absolute atomic E-state index is 12.0. The summed E-state index contributed by atoms with van der Waals surface area (Å²) in [6.45, 7) is 1.79. The molecule has 5 nitrogen and oxygen atoms in total. The molecule has 1 aliphatic rings.